The van der Waals surface area contributed by atoms with Gasteiger partial charge in [-0.1, -0.05) is 6.07 Å². The normalized spacial score (nSPS) is 11.7. The second-order valence-corrected chi connectivity index (χ2v) is 4.92. The molecule has 0 heterocycles. The maximum Gasteiger partial charge on any atom is 0.326 e. The lowest BCUT2D eigenvalue weighted by Crippen LogP contribution is -2.41. The van der Waals surface area contributed by atoms with E-state index >= 15 is 0 Å². The molecule has 0 spiro atoms. The number of aliphatic carboxylic acids is 1. The van der Waals surface area contributed by atoms with Crippen LogP contribution in [0.2, 0.25) is 0 Å². The van der Waals surface area contributed by atoms with Crippen molar-refractivity contribution in [2.75, 3.05) is 5.73 Å². The lowest BCUT2D eigenvalue weighted by molar-refractivity contribution is -0.139. The van der Waals surface area contributed by atoms with Crippen molar-refractivity contribution in [3.63, 3.8) is 0 Å². The van der Waals surface area contributed by atoms with E-state index in [1.165, 1.54) is 6.07 Å². The molecule has 0 aliphatic rings. The van der Waals surface area contributed by atoms with E-state index in [-0.39, 0.29) is 24.1 Å². The Morgan fingerprint density at radius 3 is 2.55 bits per heavy atom. The molecule has 2 amide bonds. The van der Waals surface area contributed by atoms with Crippen LogP contribution in [0, 0.1) is 0 Å². The zero-order valence-electron chi connectivity index (χ0n) is 10.4. The number of anilines is 1. The lowest BCUT2D eigenvalue weighted by atomic mass is 10.1. The summed E-state index contributed by atoms with van der Waals surface area (Å²) in [6.45, 7) is 0. The zero-order chi connectivity index (χ0) is 15.3. The summed E-state index contributed by atoms with van der Waals surface area (Å²) in [6.07, 6.45) is -0.213. The van der Waals surface area contributed by atoms with Gasteiger partial charge in [0.1, 0.15) is 6.04 Å². The standard InChI is InChI=1S/C12H14BrN3O4/c13-7-3-1-2-6(10(7)15)11(18)16-8(12(19)20)4-5-9(14)17/h1-3,8H,4-5,15H2,(H2,14,17)(H,16,18)(H,19,20). The Morgan fingerprint density at radius 2 is 2.00 bits per heavy atom. The number of rotatable bonds is 6. The van der Waals surface area contributed by atoms with Crippen molar-refractivity contribution >= 4 is 39.4 Å². The third-order valence-electron chi connectivity index (χ3n) is 2.58. The van der Waals surface area contributed by atoms with Gasteiger partial charge in [-0.15, -0.1) is 0 Å². The maximum atomic E-state index is 12.0. The first kappa shape index (κ1) is 16.0. The highest BCUT2D eigenvalue weighted by Crippen LogP contribution is 2.23. The van der Waals surface area contributed by atoms with Gasteiger partial charge in [0.2, 0.25) is 5.91 Å². The predicted molar refractivity (Wildman–Crippen MR) is 75.9 cm³/mol. The molecule has 0 aliphatic heterocycles. The van der Waals surface area contributed by atoms with E-state index in [1.54, 1.807) is 12.1 Å². The van der Waals surface area contributed by atoms with Crippen LogP contribution in [0.25, 0.3) is 0 Å². The summed E-state index contributed by atoms with van der Waals surface area (Å²) in [5.41, 5.74) is 11.1. The van der Waals surface area contributed by atoms with Gasteiger partial charge < -0.3 is 21.9 Å². The van der Waals surface area contributed by atoms with Crippen molar-refractivity contribution in [1.82, 2.24) is 5.32 Å². The van der Waals surface area contributed by atoms with Crippen molar-refractivity contribution in [3.8, 4) is 0 Å². The van der Waals surface area contributed by atoms with Crippen molar-refractivity contribution in [2.45, 2.75) is 18.9 Å². The van der Waals surface area contributed by atoms with Crippen LogP contribution in [0.15, 0.2) is 22.7 Å². The fourth-order valence-electron chi connectivity index (χ4n) is 1.52. The lowest BCUT2D eigenvalue weighted by Gasteiger charge is -2.15. The van der Waals surface area contributed by atoms with E-state index in [0.717, 1.165) is 0 Å². The summed E-state index contributed by atoms with van der Waals surface area (Å²) in [5.74, 6) is -2.50. The van der Waals surface area contributed by atoms with Crippen LogP contribution < -0.4 is 16.8 Å². The number of amides is 2. The zero-order valence-corrected chi connectivity index (χ0v) is 12.0. The van der Waals surface area contributed by atoms with E-state index in [1.807, 2.05) is 0 Å². The smallest absolute Gasteiger partial charge is 0.326 e. The highest BCUT2D eigenvalue weighted by molar-refractivity contribution is 9.10. The molecule has 108 valence electrons. The fraction of sp³-hybridized carbons (Fsp3) is 0.250. The number of carbonyl (C=O) groups excluding carboxylic acids is 2. The number of nitrogens with one attached hydrogen (secondary N) is 1. The number of nitrogen functional groups attached to an aromatic ring is 1. The summed E-state index contributed by atoms with van der Waals surface area (Å²) in [5, 5.41) is 11.3. The molecule has 1 rings (SSSR count). The molecule has 1 unspecified atom stereocenters. The minimum atomic E-state index is -1.24. The molecule has 0 aromatic heterocycles. The van der Waals surface area contributed by atoms with Crippen molar-refractivity contribution in [3.05, 3.63) is 28.2 Å². The van der Waals surface area contributed by atoms with Gasteiger partial charge in [-0.05, 0) is 34.5 Å². The van der Waals surface area contributed by atoms with E-state index in [4.69, 9.17) is 16.6 Å². The Labute approximate surface area is 123 Å². The summed E-state index contributed by atoms with van der Waals surface area (Å²) in [4.78, 5) is 33.7. The average Bonchev–Trinajstić information content (AvgIpc) is 2.36. The van der Waals surface area contributed by atoms with Crippen molar-refractivity contribution in [2.24, 2.45) is 5.73 Å². The Hall–Kier alpha value is -2.09. The predicted octanol–water partition coefficient (Wildman–Crippen LogP) is 0.480. The molecular weight excluding hydrogens is 330 g/mol. The van der Waals surface area contributed by atoms with Crippen LogP contribution in [0.3, 0.4) is 0 Å². The number of halogens is 1. The van der Waals surface area contributed by atoms with Crippen LogP contribution >= 0.6 is 15.9 Å². The number of nitrogens with two attached hydrogens (primary N) is 2. The Morgan fingerprint density at radius 1 is 1.35 bits per heavy atom. The molecule has 1 aromatic carbocycles. The number of primary amides is 1. The third-order valence-corrected chi connectivity index (χ3v) is 3.27. The summed E-state index contributed by atoms with van der Waals surface area (Å²) >= 11 is 3.18. The summed E-state index contributed by atoms with van der Waals surface area (Å²) in [7, 11) is 0. The summed E-state index contributed by atoms with van der Waals surface area (Å²) in [6, 6.07) is 3.54. The third kappa shape index (κ3) is 4.23. The molecule has 0 bridgehead atoms. The minimum Gasteiger partial charge on any atom is -0.480 e. The van der Waals surface area contributed by atoms with Crippen molar-refractivity contribution < 1.29 is 19.5 Å². The number of carbonyl (C=O) groups is 3. The SMILES string of the molecule is NC(=O)CCC(NC(=O)c1cccc(Br)c1N)C(=O)O. The molecule has 0 saturated heterocycles. The molecule has 1 atom stereocenters. The Bertz CT molecular complexity index is 548. The number of para-hydroxylation sites is 1. The largest absolute Gasteiger partial charge is 0.480 e. The average molecular weight is 344 g/mol. The maximum absolute atomic E-state index is 12.0. The molecule has 20 heavy (non-hydrogen) atoms. The van der Waals surface area contributed by atoms with Crippen molar-refractivity contribution in [1.29, 1.82) is 0 Å². The monoisotopic (exact) mass is 343 g/mol. The fourth-order valence-corrected chi connectivity index (χ4v) is 1.88. The van der Waals surface area contributed by atoms with Gasteiger partial charge in [0.25, 0.3) is 5.91 Å². The topological polar surface area (TPSA) is 136 Å². The van der Waals surface area contributed by atoms with Crippen LogP contribution in [0.1, 0.15) is 23.2 Å². The molecule has 0 fully saturated rings. The number of hydrogen-bond donors (Lipinski definition) is 4. The van der Waals surface area contributed by atoms with Crippen LogP contribution in [-0.4, -0.2) is 28.9 Å². The van der Waals surface area contributed by atoms with Gasteiger partial charge in [0.05, 0.1) is 11.3 Å². The van der Waals surface area contributed by atoms with E-state index < -0.39 is 23.8 Å². The molecule has 6 N–H and O–H groups in total. The molecule has 0 saturated carbocycles. The number of benzene rings is 1. The van der Waals surface area contributed by atoms with Gasteiger partial charge >= 0.3 is 5.97 Å². The molecule has 8 heteroatoms. The van der Waals surface area contributed by atoms with E-state index in [0.29, 0.717) is 4.47 Å². The van der Waals surface area contributed by atoms with Gasteiger partial charge in [-0.2, -0.15) is 0 Å². The molecular formula is C12H14BrN3O4. The Kier molecular flexibility index (Phi) is 5.51. The van der Waals surface area contributed by atoms with Gasteiger partial charge in [-0.3, -0.25) is 9.59 Å². The quantitative estimate of drug-likeness (QED) is 0.557. The summed E-state index contributed by atoms with van der Waals surface area (Å²) < 4.78 is 0.536. The molecule has 0 aliphatic carbocycles. The molecule has 7 nitrogen and oxygen atoms in total. The van der Waals surface area contributed by atoms with Crippen LogP contribution in [0.5, 0.6) is 0 Å². The first-order valence-corrected chi connectivity index (χ1v) is 6.48. The molecule has 0 radical (unpaired) electrons. The van der Waals surface area contributed by atoms with E-state index in [9.17, 15) is 14.4 Å². The number of carboxylic acid groups (broad SMARTS) is 1. The van der Waals surface area contributed by atoms with Crippen LogP contribution in [0.4, 0.5) is 5.69 Å². The second kappa shape index (κ2) is 6.90. The highest BCUT2D eigenvalue weighted by atomic mass is 79.9. The van der Waals surface area contributed by atoms with E-state index in [2.05, 4.69) is 21.2 Å². The highest BCUT2D eigenvalue weighted by Gasteiger charge is 2.22. The Balaban J connectivity index is 2.83. The van der Waals surface area contributed by atoms with Gasteiger partial charge in [0, 0.05) is 10.9 Å². The number of hydrogen-bond acceptors (Lipinski definition) is 4. The van der Waals surface area contributed by atoms with Gasteiger partial charge in [0.15, 0.2) is 0 Å². The van der Waals surface area contributed by atoms with Crippen LogP contribution in [-0.2, 0) is 9.59 Å². The first-order valence-electron chi connectivity index (χ1n) is 5.69. The number of carboxylic acids is 1. The van der Waals surface area contributed by atoms with Gasteiger partial charge in [-0.25, -0.2) is 4.79 Å². The minimum absolute atomic E-state index is 0.0791. The first-order chi connectivity index (χ1) is 9.32. The second-order valence-electron chi connectivity index (χ2n) is 4.07. The molecule has 1 aromatic rings.